The van der Waals surface area contributed by atoms with E-state index in [0.717, 1.165) is 10.4 Å². The number of carbonyl (C=O) groups is 1. The minimum Gasteiger partial charge on any atom is -0.490 e. The molecule has 30 heavy (non-hydrogen) atoms. The molecular weight excluding hydrogens is 442 g/mol. The van der Waals surface area contributed by atoms with Gasteiger partial charge in [0.1, 0.15) is 17.3 Å². The second-order valence-electron chi connectivity index (χ2n) is 6.77. The van der Waals surface area contributed by atoms with Crippen LogP contribution in [0.4, 0.5) is 5.69 Å². The summed E-state index contributed by atoms with van der Waals surface area (Å²) in [6.07, 6.45) is 1.92. The molecule has 1 atom stereocenters. The van der Waals surface area contributed by atoms with Gasteiger partial charge in [0.25, 0.3) is 0 Å². The molecule has 1 aromatic heterocycles. The van der Waals surface area contributed by atoms with Gasteiger partial charge in [0.05, 0.1) is 10.6 Å². The number of amides is 1. The lowest BCUT2D eigenvalue weighted by Gasteiger charge is -2.24. The number of nitrogens with one attached hydrogen (secondary N) is 1. The maximum Gasteiger partial charge on any atom is 0.225 e. The highest BCUT2D eigenvalue weighted by Crippen LogP contribution is 2.46. The van der Waals surface area contributed by atoms with E-state index in [1.807, 2.05) is 24.3 Å². The van der Waals surface area contributed by atoms with Crippen molar-refractivity contribution in [1.82, 2.24) is 0 Å². The zero-order valence-corrected chi connectivity index (χ0v) is 18.2. The molecule has 1 amide bonds. The number of halogens is 1. The van der Waals surface area contributed by atoms with Crippen molar-refractivity contribution in [3.63, 3.8) is 0 Å². The third-order valence-electron chi connectivity index (χ3n) is 4.82. The average Bonchev–Trinajstić information content (AvgIpc) is 3.17. The maximum absolute atomic E-state index is 13.2. The molecule has 0 saturated carbocycles. The van der Waals surface area contributed by atoms with Crippen LogP contribution in [0.3, 0.4) is 0 Å². The molecule has 0 spiro atoms. The molecule has 0 aliphatic carbocycles. The monoisotopic (exact) mass is 459 g/mol. The Morgan fingerprint density at radius 2 is 1.87 bits per heavy atom. The van der Waals surface area contributed by atoms with Crippen LogP contribution in [0.1, 0.15) is 22.8 Å². The van der Waals surface area contributed by atoms with Gasteiger partial charge in [-0.2, -0.15) is 0 Å². The summed E-state index contributed by atoms with van der Waals surface area (Å²) in [5.41, 5.74) is 1.29. The topological polar surface area (TPSA) is 72.5 Å². The second kappa shape index (κ2) is 8.26. The van der Waals surface area contributed by atoms with E-state index in [4.69, 9.17) is 16.3 Å². The number of sulfone groups is 1. The number of anilines is 1. The number of rotatable bonds is 6. The van der Waals surface area contributed by atoms with Crippen LogP contribution in [0.5, 0.6) is 5.75 Å². The van der Waals surface area contributed by atoms with Gasteiger partial charge in [0.2, 0.25) is 15.7 Å². The van der Waals surface area contributed by atoms with Crippen LogP contribution in [-0.2, 0) is 14.6 Å². The van der Waals surface area contributed by atoms with Crippen molar-refractivity contribution in [2.24, 2.45) is 0 Å². The molecule has 1 aliphatic rings. The third-order valence-corrected chi connectivity index (χ3v) is 8.11. The second-order valence-corrected chi connectivity index (χ2v) is 10.0. The first-order valence-electron chi connectivity index (χ1n) is 9.15. The van der Waals surface area contributed by atoms with Gasteiger partial charge in [0, 0.05) is 27.6 Å². The molecule has 2 heterocycles. The number of hydrogen-bond donors (Lipinski definition) is 1. The van der Waals surface area contributed by atoms with Gasteiger partial charge < -0.3 is 10.1 Å². The molecule has 0 radical (unpaired) electrons. The van der Waals surface area contributed by atoms with Crippen LogP contribution >= 0.6 is 22.9 Å². The SMILES string of the molecule is C=CCOc1ccc([C@@H]2CC(=O)Nc3c(S(=O)(=O)c4ccc(Cl)cc4)csc32)cc1. The first kappa shape index (κ1) is 20.7. The van der Waals surface area contributed by atoms with E-state index in [9.17, 15) is 13.2 Å². The van der Waals surface area contributed by atoms with E-state index in [1.54, 1.807) is 11.5 Å². The summed E-state index contributed by atoms with van der Waals surface area (Å²) in [6, 6.07) is 13.5. The molecule has 3 aromatic rings. The maximum atomic E-state index is 13.2. The van der Waals surface area contributed by atoms with Crippen molar-refractivity contribution in [2.45, 2.75) is 22.1 Å². The Hall–Kier alpha value is -2.61. The van der Waals surface area contributed by atoms with Crippen LogP contribution in [-0.4, -0.2) is 20.9 Å². The zero-order chi connectivity index (χ0) is 21.3. The Morgan fingerprint density at radius 1 is 1.17 bits per heavy atom. The molecule has 154 valence electrons. The lowest BCUT2D eigenvalue weighted by Crippen LogP contribution is -2.23. The summed E-state index contributed by atoms with van der Waals surface area (Å²) in [5, 5.41) is 4.81. The van der Waals surface area contributed by atoms with Gasteiger partial charge in [-0.1, -0.05) is 36.4 Å². The fourth-order valence-corrected chi connectivity index (χ4v) is 6.40. The quantitative estimate of drug-likeness (QED) is 0.509. The van der Waals surface area contributed by atoms with Crippen LogP contribution in [0, 0.1) is 0 Å². The van der Waals surface area contributed by atoms with E-state index < -0.39 is 9.84 Å². The Balaban J connectivity index is 1.72. The minimum absolute atomic E-state index is 0.105. The van der Waals surface area contributed by atoms with E-state index in [0.29, 0.717) is 23.1 Å². The summed E-state index contributed by atoms with van der Waals surface area (Å²) in [6.45, 7) is 4.03. The van der Waals surface area contributed by atoms with Crippen LogP contribution in [0.2, 0.25) is 5.02 Å². The summed E-state index contributed by atoms with van der Waals surface area (Å²) in [5.74, 6) is 0.267. The number of ether oxygens (including phenoxy) is 1. The first-order chi connectivity index (χ1) is 14.4. The van der Waals surface area contributed by atoms with Crippen molar-refractivity contribution in [1.29, 1.82) is 0 Å². The van der Waals surface area contributed by atoms with Crippen molar-refractivity contribution < 1.29 is 17.9 Å². The smallest absolute Gasteiger partial charge is 0.225 e. The Morgan fingerprint density at radius 3 is 2.53 bits per heavy atom. The van der Waals surface area contributed by atoms with Crippen molar-refractivity contribution in [3.05, 3.63) is 82.0 Å². The highest BCUT2D eigenvalue weighted by atomic mass is 35.5. The molecule has 0 fully saturated rings. The Bertz CT molecular complexity index is 1200. The number of thiophene rings is 1. The lowest BCUT2D eigenvalue weighted by molar-refractivity contribution is -0.116. The summed E-state index contributed by atoms with van der Waals surface area (Å²) in [7, 11) is -3.79. The number of carbonyl (C=O) groups excluding carboxylic acids is 1. The zero-order valence-electron chi connectivity index (χ0n) is 15.8. The molecule has 4 rings (SSSR count). The predicted molar refractivity (Wildman–Crippen MR) is 118 cm³/mol. The fraction of sp³-hybridized carbons (Fsp3) is 0.136. The van der Waals surface area contributed by atoms with Gasteiger partial charge in [0.15, 0.2) is 0 Å². The average molecular weight is 460 g/mol. The minimum atomic E-state index is -3.79. The molecule has 0 saturated heterocycles. The predicted octanol–water partition coefficient (Wildman–Crippen LogP) is 5.27. The highest BCUT2D eigenvalue weighted by molar-refractivity contribution is 7.91. The molecule has 8 heteroatoms. The molecule has 0 unspecified atom stereocenters. The Labute approximate surface area is 183 Å². The van der Waals surface area contributed by atoms with Gasteiger partial charge in [-0.15, -0.1) is 11.3 Å². The van der Waals surface area contributed by atoms with E-state index in [-0.39, 0.29) is 28.0 Å². The van der Waals surface area contributed by atoms with Gasteiger partial charge in [-0.25, -0.2) is 8.42 Å². The van der Waals surface area contributed by atoms with Crippen LogP contribution in [0.15, 0.2) is 76.4 Å². The Kier molecular flexibility index (Phi) is 5.69. The molecule has 2 aromatic carbocycles. The lowest BCUT2D eigenvalue weighted by atomic mass is 9.90. The summed E-state index contributed by atoms with van der Waals surface area (Å²) in [4.78, 5) is 13.5. The fourth-order valence-electron chi connectivity index (χ4n) is 3.36. The summed E-state index contributed by atoms with van der Waals surface area (Å²) >= 11 is 7.22. The molecule has 1 N–H and O–H groups in total. The van der Waals surface area contributed by atoms with Crippen molar-refractivity contribution in [3.8, 4) is 5.75 Å². The molecule has 1 aliphatic heterocycles. The van der Waals surface area contributed by atoms with Crippen LogP contribution in [0.25, 0.3) is 0 Å². The van der Waals surface area contributed by atoms with Crippen molar-refractivity contribution in [2.75, 3.05) is 11.9 Å². The van der Waals surface area contributed by atoms with E-state index in [2.05, 4.69) is 11.9 Å². The molecule has 0 bridgehead atoms. The standard InChI is InChI=1S/C22H18ClNO4S2/c1-2-11-28-16-7-3-14(4-8-16)18-12-20(25)24-21-19(13-29-22(18)21)30(26,27)17-9-5-15(23)6-10-17/h2-10,13,18H,1,11-12H2,(H,24,25)/t18-/m0/s1. The summed E-state index contributed by atoms with van der Waals surface area (Å²) < 4.78 is 31.8. The molecule has 5 nitrogen and oxygen atoms in total. The number of fused-ring (bicyclic) bond motifs is 1. The highest BCUT2D eigenvalue weighted by Gasteiger charge is 2.34. The van der Waals surface area contributed by atoms with Gasteiger partial charge in [-0.05, 0) is 42.0 Å². The van der Waals surface area contributed by atoms with Crippen molar-refractivity contribution >= 4 is 44.4 Å². The first-order valence-corrected chi connectivity index (χ1v) is 11.9. The normalized spacial score (nSPS) is 15.9. The largest absolute Gasteiger partial charge is 0.490 e. The number of hydrogen-bond acceptors (Lipinski definition) is 5. The van der Waals surface area contributed by atoms with Gasteiger partial charge >= 0.3 is 0 Å². The van der Waals surface area contributed by atoms with Crippen LogP contribution < -0.4 is 10.1 Å². The molecular formula is C22H18ClNO4S2. The third kappa shape index (κ3) is 3.88. The van der Waals surface area contributed by atoms with Gasteiger partial charge in [-0.3, -0.25) is 4.79 Å². The van der Waals surface area contributed by atoms with E-state index >= 15 is 0 Å². The van der Waals surface area contributed by atoms with E-state index in [1.165, 1.54) is 35.6 Å². The number of benzene rings is 2.